The van der Waals surface area contributed by atoms with Gasteiger partial charge in [0.2, 0.25) is 0 Å². The molecule has 0 radical (unpaired) electrons. The van der Waals surface area contributed by atoms with E-state index in [-0.39, 0.29) is 12.0 Å². The van der Waals surface area contributed by atoms with Crippen molar-refractivity contribution in [2.45, 2.75) is 19.4 Å². The normalized spacial score (nSPS) is 23.9. The van der Waals surface area contributed by atoms with Crippen LogP contribution < -0.4 is 10.6 Å². The molecule has 0 aromatic heterocycles. The Kier molecular flexibility index (Phi) is 3.38. The summed E-state index contributed by atoms with van der Waals surface area (Å²) in [5, 5.41) is 14.3. The third-order valence-electron chi connectivity index (χ3n) is 3.09. The van der Waals surface area contributed by atoms with Crippen LogP contribution in [0.15, 0.2) is 11.6 Å². The first-order valence-corrected chi connectivity index (χ1v) is 5.63. The van der Waals surface area contributed by atoms with Gasteiger partial charge in [0.15, 0.2) is 5.90 Å². The van der Waals surface area contributed by atoms with Crippen molar-refractivity contribution in [3.63, 3.8) is 0 Å². The Morgan fingerprint density at radius 2 is 2.33 bits per heavy atom. The number of hydrogen-bond acceptors (Lipinski definition) is 4. The van der Waals surface area contributed by atoms with E-state index >= 15 is 0 Å². The summed E-state index contributed by atoms with van der Waals surface area (Å²) in [5.74, 6) is 0.572. The molecule has 0 saturated carbocycles. The van der Waals surface area contributed by atoms with Crippen LogP contribution in [0.2, 0.25) is 0 Å². The van der Waals surface area contributed by atoms with Gasteiger partial charge in [-0.3, -0.25) is 5.41 Å². The van der Waals surface area contributed by atoms with E-state index in [1.54, 1.807) is 0 Å². The van der Waals surface area contributed by atoms with Gasteiger partial charge < -0.3 is 15.4 Å². The van der Waals surface area contributed by atoms with Crippen LogP contribution in [-0.4, -0.2) is 38.2 Å². The molecule has 0 bridgehead atoms. The van der Waals surface area contributed by atoms with Crippen LogP contribution in [-0.2, 0) is 4.74 Å². The maximum atomic E-state index is 7.89. The Bertz CT molecular complexity index is 271. The predicted octanol–water partition coefficient (Wildman–Crippen LogP) is 0.508. The minimum atomic E-state index is 0.146. The van der Waals surface area contributed by atoms with Crippen LogP contribution in [0, 0.1) is 11.3 Å². The van der Waals surface area contributed by atoms with Crippen molar-refractivity contribution in [2.75, 3.05) is 26.2 Å². The quantitative estimate of drug-likeness (QED) is 0.360. The van der Waals surface area contributed by atoms with E-state index in [0.29, 0.717) is 5.90 Å². The highest BCUT2D eigenvalue weighted by Gasteiger charge is 2.23. The fourth-order valence-electron chi connectivity index (χ4n) is 1.83. The molecule has 0 aromatic carbocycles. The van der Waals surface area contributed by atoms with E-state index in [1.807, 2.05) is 0 Å². The first-order chi connectivity index (χ1) is 7.27. The van der Waals surface area contributed by atoms with E-state index in [9.17, 15) is 0 Å². The number of ether oxygens (including phenoxy) is 1. The molecule has 0 aliphatic carbocycles. The standard InChI is InChI=1S/C11H19N3O/c1-8(9-2-4-13-5-3-9)11(12)15-10-6-14-7-10/h2,8,10,12-14H,3-7H2,1H3. The molecular formula is C11H19N3O. The molecule has 3 N–H and O–H groups in total. The fraction of sp³-hybridized carbons (Fsp3) is 0.727. The molecule has 2 aliphatic rings. The summed E-state index contributed by atoms with van der Waals surface area (Å²) in [6, 6.07) is 0. The van der Waals surface area contributed by atoms with Gasteiger partial charge in [-0.15, -0.1) is 0 Å². The molecule has 1 saturated heterocycles. The molecule has 0 spiro atoms. The lowest BCUT2D eigenvalue weighted by Crippen LogP contribution is -2.49. The van der Waals surface area contributed by atoms with Crippen molar-refractivity contribution in [1.82, 2.24) is 10.6 Å². The number of hydrogen-bond donors (Lipinski definition) is 3. The van der Waals surface area contributed by atoms with Gasteiger partial charge in [0.05, 0.1) is 5.92 Å². The Hall–Kier alpha value is -0.870. The van der Waals surface area contributed by atoms with Crippen LogP contribution in [0.4, 0.5) is 0 Å². The predicted molar refractivity (Wildman–Crippen MR) is 60.2 cm³/mol. The van der Waals surface area contributed by atoms with Gasteiger partial charge >= 0.3 is 0 Å². The Morgan fingerprint density at radius 3 is 2.87 bits per heavy atom. The molecule has 84 valence electrons. The van der Waals surface area contributed by atoms with Crippen LogP contribution in [0.1, 0.15) is 13.3 Å². The van der Waals surface area contributed by atoms with Gasteiger partial charge in [0.1, 0.15) is 6.10 Å². The highest BCUT2D eigenvalue weighted by Crippen LogP contribution is 2.18. The molecule has 2 heterocycles. The highest BCUT2D eigenvalue weighted by molar-refractivity contribution is 5.78. The van der Waals surface area contributed by atoms with Gasteiger partial charge in [0.25, 0.3) is 0 Å². The van der Waals surface area contributed by atoms with Crippen molar-refractivity contribution in [1.29, 1.82) is 5.41 Å². The molecule has 4 heteroatoms. The van der Waals surface area contributed by atoms with Gasteiger partial charge in [0, 0.05) is 19.6 Å². The average Bonchev–Trinajstić information content (AvgIpc) is 2.23. The summed E-state index contributed by atoms with van der Waals surface area (Å²) in [6.45, 7) is 5.78. The second kappa shape index (κ2) is 4.77. The van der Waals surface area contributed by atoms with Crippen LogP contribution in [0.25, 0.3) is 0 Å². The van der Waals surface area contributed by atoms with E-state index in [2.05, 4.69) is 23.6 Å². The van der Waals surface area contributed by atoms with E-state index in [0.717, 1.165) is 32.6 Å². The Morgan fingerprint density at radius 1 is 1.53 bits per heavy atom. The van der Waals surface area contributed by atoms with Crippen LogP contribution >= 0.6 is 0 Å². The molecule has 2 aliphatic heterocycles. The van der Waals surface area contributed by atoms with Gasteiger partial charge in [-0.1, -0.05) is 11.6 Å². The summed E-state index contributed by atoms with van der Waals surface area (Å²) in [6.07, 6.45) is 3.45. The van der Waals surface area contributed by atoms with E-state index in [1.165, 1.54) is 5.57 Å². The summed E-state index contributed by atoms with van der Waals surface area (Å²) >= 11 is 0. The SMILES string of the molecule is CC(C(=N)OC1CNC1)C1=CCNCC1. The van der Waals surface area contributed by atoms with E-state index < -0.39 is 0 Å². The number of rotatable bonds is 3. The molecule has 1 atom stereocenters. The molecular weight excluding hydrogens is 190 g/mol. The topological polar surface area (TPSA) is 57.1 Å². The first kappa shape index (κ1) is 10.6. The van der Waals surface area contributed by atoms with Gasteiger partial charge in [-0.25, -0.2) is 0 Å². The van der Waals surface area contributed by atoms with Crippen molar-refractivity contribution in [3.8, 4) is 0 Å². The van der Waals surface area contributed by atoms with Gasteiger partial charge in [-0.2, -0.15) is 0 Å². The Balaban J connectivity index is 1.85. The number of nitrogens with one attached hydrogen (secondary N) is 3. The molecule has 1 unspecified atom stereocenters. The van der Waals surface area contributed by atoms with Crippen molar-refractivity contribution >= 4 is 5.90 Å². The molecule has 4 nitrogen and oxygen atoms in total. The van der Waals surface area contributed by atoms with Crippen molar-refractivity contribution in [2.24, 2.45) is 5.92 Å². The maximum absolute atomic E-state index is 7.89. The second-order valence-corrected chi connectivity index (χ2v) is 4.22. The monoisotopic (exact) mass is 209 g/mol. The highest BCUT2D eigenvalue weighted by atomic mass is 16.5. The van der Waals surface area contributed by atoms with Crippen molar-refractivity contribution < 1.29 is 4.74 Å². The first-order valence-electron chi connectivity index (χ1n) is 5.63. The Labute approximate surface area is 90.6 Å². The third kappa shape index (κ3) is 2.58. The smallest absolute Gasteiger partial charge is 0.187 e. The zero-order chi connectivity index (χ0) is 10.7. The molecule has 2 rings (SSSR count). The minimum absolute atomic E-state index is 0.146. The minimum Gasteiger partial charge on any atom is -0.475 e. The lowest BCUT2D eigenvalue weighted by Gasteiger charge is -2.30. The lowest BCUT2D eigenvalue weighted by molar-refractivity contribution is 0.120. The molecule has 1 fully saturated rings. The van der Waals surface area contributed by atoms with E-state index in [4.69, 9.17) is 10.1 Å². The molecule has 0 aromatic rings. The third-order valence-corrected chi connectivity index (χ3v) is 3.09. The zero-order valence-electron chi connectivity index (χ0n) is 9.18. The maximum Gasteiger partial charge on any atom is 0.187 e. The summed E-state index contributed by atoms with van der Waals surface area (Å²) < 4.78 is 5.56. The largest absolute Gasteiger partial charge is 0.475 e. The van der Waals surface area contributed by atoms with Crippen LogP contribution in [0.5, 0.6) is 0 Å². The zero-order valence-corrected chi connectivity index (χ0v) is 9.18. The lowest BCUT2D eigenvalue weighted by atomic mass is 9.95. The summed E-state index contributed by atoms with van der Waals surface area (Å²) in [7, 11) is 0. The summed E-state index contributed by atoms with van der Waals surface area (Å²) in [5.41, 5.74) is 1.34. The van der Waals surface area contributed by atoms with Crippen LogP contribution in [0.3, 0.4) is 0 Å². The fourth-order valence-corrected chi connectivity index (χ4v) is 1.83. The molecule has 15 heavy (non-hydrogen) atoms. The van der Waals surface area contributed by atoms with Gasteiger partial charge in [-0.05, 0) is 19.9 Å². The molecule has 0 amide bonds. The summed E-state index contributed by atoms with van der Waals surface area (Å²) in [4.78, 5) is 0. The average molecular weight is 209 g/mol. The van der Waals surface area contributed by atoms with Crippen molar-refractivity contribution in [3.05, 3.63) is 11.6 Å². The second-order valence-electron chi connectivity index (χ2n) is 4.22.